The first kappa shape index (κ1) is 17.5. The van der Waals surface area contributed by atoms with Crippen LogP contribution in [0.5, 0.6) is 5.75 Å². The zero-order valence-electron chi connectivity index (χ0n) is 13.5. The van der Waals surface area contributed by atoms with E-state index in [1.54, 1.807) is 0 Å². The van der Waals surface area contributed by atoms with Crippen molar-refractivity contribution in [1.82, 2.24) is 5.32 Å². The van der Waals surface area contributed by atoms with Gasteiger partial charge in [-0.25, -0.2) is 4.79 Å². The fraction of sp³-hybridized carbons (Fsp3) is 0.588. The van der Waals surface area contributed by atoms with E-state index in [2.05, 4.69) is 25.2 Å². The second-order valence-corrected chi connectivity index (χ2v) is 5.43. The first-order chi connectivity index (χ1) is 9.99. The number of hydrogen-bond donors (Lipinski definition) is 2. The third kappa shape index (κ3) is 5.38. The third-order valence-corrected chi connectivity index (χ3v) is 3.50. The molecule has 1 aromatic carbocycles. The Morgan fingerprint density at radius 1 is 1.33 bits per heavy atom. The van der Waals surface area contributed by atoms with Gasteiger partial charge >= 0.3 is 5.97 Å². The number of aryl methyl sites for hydroxylation is 1. The number of aliphatic carboxylic acids is 1. The fourth-order valence-electron chi connectivity index (χ4n) is 2.20. The Morgan fingerprint density at radius 3 is 2.57 bits per heavy atom. The Hall–Kier alpha value is -1.55. The number of hydrogen-bond acceptors (Lipinski definition) is 3. The lowest BCUT2D eigenvalue weighted by Gasteiger charge is -2.19. The highest BCUT2D eigenvalue weighted by atomic mass is 16.5. The van der Waals surface area contributed by atoms with Gasteiger partial charge in [-0.3, -0.25) is 0 Å². The molecule has 0 aliphatic carbocycles. The summed E-state index contributed by atoms with van der Waals surface area (Å²) in [6.07, 6.45) is 1.63. The van der Waals surface area contributed by atoms with Gasteiger partial charge in [-0.15, -0.1) is 0 Å². The standard InChI is InChI=1S/C17H27NO3/c1-5-7-16(17(19)20)21-15-9-8-14(11-12(15)3)13(4)18-10-6-2/h8-9,11,13,16,18H,5-7,10H2,1-4H3,(H,19,20). The van der Waals surface area contributed by atoms with Crippen LogP contribution in [0.2, 0.25) is 0 Å². The van der Waals surface area contributed by atoms with E-state index < -0.39 is 12.1 Å². The summed E-state index contributed by atoms with van der Waals surface area (Å²) in [5, 5.41) is 12.6. The molecule has 0 aromatic heterocycles. The number of carboxylic acid groups (broad SMARTS) is 1. The molecular weight excluding hydrogens is 266 g/mol. The van der Waals surface area contributed by atoms with E-state index in [4.69, 9.17) is 9.84 Å². The van der Waals surface area contributed by atoms with Crippen molar-refractivity contribution in [2.45, 2.75) is 59.1 Å². The predicted octanol–water partition coefficient (Wildman–Crippen LogP) is 3.69. The van der Waals surface area contributed by atoms with E-state index in [0.717, 1.165) is 24.9 Å². The molecule has 0 saturated carbocycles. The Bertz CT molecular complexity index is 459. The molecule has 4 heteroatoms. The lowest BCUT2D eigenvalue weighted by Crippen LogP contribution is -2.27. The Balaban J connectivity index is 2.79. The average Bonchev–Trinajstić information content (AvgIpc) is 2.45. The molecule has 0 fully saturated rings. The summed E-state index contributed by atoms with van der Waals surface area (Å²) in [6.45, 7) is 9.16. The second kappa shape index (κ2) is 8.67. The summed E-state index contributed by atoms with van der Waals surface area (Å²) in [7, 11) is 0. The van der Waals surface area contributed by atoms with Gasteiger partial charge in [0.1, 0.15) is 5.75 Å². The molecule has 0 saturated heterocycles. The zero-order valence-corrected chi connectivity index (χ0v) is 13.5. The van der Waals surface area contributed by atoms with Gasteiger partial charge in [-0.1, -0.05) is 32.4 Å². The van der Waals surface area contributed by atoms with Crippen molar-refractivity contribution in [3.05, 3.63) is 29.3 Å². The molecule has 0 spiro atoms. The topological polar surface area (TPSA) is 58.6 Å². The summed E-state index contributed by atoms with van der Waals surface area (Å²) in [5.41, 5.74) is 2.16. The number of ether oxygens (including phenoxy) is 1. The van der Waals surface area contributed by atoms with Gasteiger partial charge < -0.3 is 15.2 Å². The third-order valence-electron chi connectivity index (χ3n) is 3.50. The maximum Gasteiger partial charge on any atom is 0.344 e. The lowest BCUT2D eigenvalue weighted by atomic mass is 10.0. The molecule has 21 heavy (non-hydrogen) atoms. The van der Waals surface area contributed by atoms with Crippen molar-refractivity contribution in [3.8, 4) is 5.75 Å². The maximum atomic E-state index is 11.2. The van der Waals surface area contributed by atoms with Gasteiger partial charge in [0, 0.05) is 6.04 Å². The number of nitrogens with one attached hydrogen (secondary N) is 1. The predicted molar refractivity (Wildman–Crippen MR) is 84.8 cm³/mol. The number of benzene rings is 1. The van der Waals surface area contributed by atoms with Crippen LogP contribution in [-0.2, 0) is 4.79 Å². The normalized spacial score (nSPS) is 13.7. The van der Waals surface area contributed by atoms with E-state index in [-0.39, 0.29) is 6.04 Å². The molecule has 118 valence electrons. The van der Waals surface area contributed by atoms with Crippen LogP contribution < -0.4 is 10.1 Å². The highest BCUT2D eigenvalue weighted by Gasteiger charge is 2.19. The molecule has 1 rings (SSSR count). The van der Waals surface area contributed by atoms with Gasteiger partial charge in [-0.2, -0.15) is 0 Å². The van der Waals surface area contributed by atoms with E-state index in [1.807, 2.05) is 26.0 Å². The first-order valence-electron chi connectivity index (χ1n) is 7.72. The number of carbonyl (C=O) groups is 1. The van der Waals surface area contributed by atoms with Gasteiger partial charge in [0.2, 0.25) is 0 Å². The molecule has 0 radical (unpaired) electrons. The SMILES string of the molecule is CCCNC(C)c1ccc(OC(CCC)C(=O)O)c(C)c1. The molecule has 0 heterocycles. The molecule has 0 aliphatic rings. The van der Waals surface area contributed by atoms with Crippen molar-refractivity contribution in [2.75, 3.05) is 6.54 Å². The van der Waals surface area contributed by atoms with Crippen LogP contribution in [0.15, 0.2) is 18.2 Å². The Labute approximate surface area is 127 Å². The molecule has 1 aromatic rings. The summed E-state index contributed by atoms with van der Waals surface area (Å²) < 4.78 is 5.64. The summed E-state index contributed by atoms with van der Waals surface area (Å²) in [6, 6.07) is 6.22. The van der Waals surface area contributed by atoms with Gasteiger partial charge in [0.05, 0.1) is 0 Å². The number of carboxylic acids is 1. The molecule has 2 unspecified atom stereocenters. The van der Waals surface area contributed by atoms with E-state index in [0.29, 0.717) is 12.2 Å². The van der Waals surface area contributed by atoms with E-state index in [9.17, 15) is 4.79 Å². The van der Waals surface area contributed by atoms with Crippen LogP contribution >= 0.6 is 0 Å². The van der Waals surface area contributed by atoms with Crippen molar-refractivity contribution in [1.29, 1.82) is 0 Å². The summed E-state index contributed by atoms with van der Waals surface area (Å²) >= 11 is 0. The smallest absolute Gasteiger partial charge is 0.344 e. The van der Waals surface area contributed by atoms with Crippen LogP contribution in [0, 0.1) is 6.92 Å². The van der Waals surface area contributed by atoms with Gasteiger partial charge in [-0.05, 0) is 50.4 Å². The van der Waals surface area contributed by atoms with Crippen LogP contribution in [0.4, 0.5) is 0 Å². The van der Waals surface area contributed by atoms with Crippen LogP contribution in [0.25, 0.3) is 0 Å². The van der Waals surface area contributed by atoms with Crippen LogP contribution in [0.1, 0.15) is 57.2 Å². The fourth-order valence-corrected chi connectivity index (χ4v) is 2.20. The van der Waals surface area contributed by atoms with E-state index >= 15 is 0 Å². The highest BCUT2D eigenvalue weighted by molar-refractivity contribution is 5.72. The van der Waals surface area contributed by atoms with Crippen molar-refractivity contribution in [3.63, 3.8) is 0 Å². The first-order valence-corrected chi connectivity index (χ1v) is 7.72. The minimum Gasteiger partial charge on any atom is -0.479 e. The minimum atomic E-state index is -0.904. The summed E-state index contributed by atoms with van der Waals surface area (Å²) in [4.78, 5) is 11.2. The van der Waals surface area contributed by atoms with Gasteiger partial charge in [0.15, 0.2) is 6.10 Å². The molecule has 0 aliphatic heterocycles. The molecule has 0 bridgehead atoms. The number of rotatable bonds is 9. The molecule has 2 N–H and O–H groups in total. The molecule has 2 atom stereocenters. The van der Waals surface area contributed by atoms with Crippen LogP contribution in [0.3, 0.4) is 0 Å². The molecule has 4 nitrogen and oxygen atoms in total. The molecular formula is C17H27NO3. The highest BCUT2D eigenvalue weighted by Crippen LogP contribution is 2.24. The Kier molecular flexibility index (Phi) is 7.23. The maximum absolute atomic E-state index is 11.2. The quantitative estimate of drug-likeness (QED) is 0.729. The van der Waals surface area contributed by atoms with Crippen molar-refractivity contribution in [2.24, 2.45) is 0 Å². The van der Waals surface area contributed by atoms with Gasteiger partial charge in [0.25, 0.3) is 0 Å². The van der Waals surface area contributed by atoms with Crippen LogP contribution in [-0.4, -0.2) is 23.7 Å². The largest absolute Gasteiger partial charge is 0.479 e. The lowest BCUT2D eigenvalue weighted by molar-refractivity contribution is -0.145. The minimum absolute atomic E-state index is 0.281. The molecule has 0 amide bonds. The Morgan fingerprint density at radius 2 is 2.05 bits per heavy atom. The van der Waals surface area contributed by atoms with Crippen molar-refractivity contribution < 1.29 is 14.6 Å². The second-order valence-electron chi connectivity index (χ2n) is 5.43. The van der Waals surface area contributed by atoms with Crippen molar-refractivity contribution >= 4 is 5.97 Å². The monoisotopic (exact) mass is 293 g/mol. The average molecular weight is 293 g/mol. The zero-order chi connectivity index (χ0) is 15.8. The summed E-state index contributed by atoms with van der Waals surface area (Å²) in [5.74, 6) is -0.249. The van der Waals surface area contributed by atoms with E-state index in [1.165, 1.54) is 5.56 Å².